The number of rotatable bonds is 8. The molecule has 0 aliphatic heterocycles. The molecule has 142 valence electrons. The second-order valence-electron chi connectivity index (χ2n) is 6.29. The Balaban J connectivity index is 1.57. The molecule has 0 saturated carbocycles. The highest BCUT2D eigenvalue weighted by molar-refractivity contribution is 6.04. The Kier molecular flexibility index (Phi) is 6.49. The highest BCUT2D eigenvalue weighted by Crippen LogP contribution is 2.20. The minimum atomic E-state index is -0.161. The van der Waals surface area contributed by atoms with Crippen molar-refractivity contribution in [3.05, 3.63) is 90.8 Å². The predicted molar refractivity (Wildman–Crippen MR) is 109 cm³/mol. The SMILES string of the molecule is C=CCN(C)Cc1ccc(C(=O)Nc2ccc(Oc3ncccn3)cc2)cc1. The van der Waals surface area contributed by atoms with E-state index in [9.17, 15) is 4.79 Å². The third kappa shape index (κ3) is 5.49. The Labute approximate surface area is 164 Å². The van der Waals surface area contributed by atoms with Crippen molar-refractivity contribution in [1.29, 1.82) is 0 Å². The highest BCUT2D eigenvalue weighted by atomic mass is 16.5. The van der Waals surface area contributed by atoms with Crippen molar-refractivity contribution in [2.45, 2.75) is 6.54 Å². The summed E-state index contributed by atoms with van der Waals surface area (Å²) in [4.78, 5) is 22.6. The molecule has 0 bridgehead atoms. The molecule has 1 N–H and O–H groups in total. The van der Waals surface area contributed by atoms with Crippen molar-refractivity contribution in [1.82, 2.24) is 14.9 Å². The lowest BCUT2D eigenvalue weighted by molar-refractivity contribution is 0.102. The predicted octanol–water partition coefficient (Wildman–Crippen LogP) is 4.14. The van der Waals surface area contributed by atoms with Crippen LogP contribution in [-0.2, 0) is 6.54 Å². The fourth-order valence-electron chi connectivity index (χ4n) is 2.61. The maximum absolute atomic E-state index is 12.4. The van der Waals surface area contributed by atoms with Crippen molar-refractivity contribution in [3.63, 3.8) is 0 Å². The Hall–Kier alpha value is -3.51. The second-order valence-corrected chi connectivity index (χ2v) is 6.29. The molecule has 0 radical (unpaired) electrons. The molecule has 0 spiro atoms. The van der Waals surface area contributed by atoms with Gasteiger partial charge in [0.05, 0.1) is 0 Å². The van der Waals surface area contributed by atoms with Gasteiger partial charge in [-0.1, -0.05) is 18.2 Å². The fourth-order valence-corrected chi connectivity index (χ4v) is 2.61. The lowest BCUT2D eigenvalue weighted by Gasteiger charge is -2.14. The van der Waals surface area contributed by atoms with E-state index >= 15 is 0 Å². The highest BCUT2D eigenvalue weighted by Gasteiger charge is 2.07. The number of carbonyl (C=O) groups is 1. The Morgan fingerprint density at radius 1 is 1.11 bits per heavy atom. The smallest absolute Gasteiger partial charge is 0.321 e. The van der Waals surface area contributed by atoms with Crippen molar-refractivity contribution in [2.75, 3.05) is 18.9 Å². The van der Waals surface area contributed by atoms with Gasteiger partial charge >= 0.3 is 6.01 Å². The number of hydrogen-bond acceptors (Lipinski definition) is 5. The maximum Gasteiger partial charge on any atom is 0.321 e. The van der Waals surface area contributed by atoms with E-state index in [0.717, 1.165) is 18.7 Å². The number of benzene rings is 2. The largest absolute Gasteiger partial charge is 0.424 e. The van der Waals surface area contributed by atoms with Gasteiger partial charge in [0.25, 0.3) is 5.91 Å². The van der Waals surface area contributed by atoms with Gasteiger partial charge in [0.15, 0.2) is 0 Å². The molecule has 28 heavy (non-hydrogen) atoms. The average Bonchev–Trinajstić information content (AvgIpc) is 2.71. The molecule has 0 unspecified atom stereocenters. The summed E-state index contributed by atoms with van der Waals surface area (Å²) in [5, 5.41) is 2.88. The summed E-state index contributed by atoms with van der Waals surface area (Å²) < 4.78 is 5.54. The van der Waals surface area contributed by atoms with Crippen molar-refractivity contribution in [3.8, 4) is 11.8 Å². The summed E-state index contributed by atoms with van der Waals surface area (Å²) >= 11 is 0. The second kappa shape index (κ2) is 9.43. The normalized spacial score (nSPS) is 10.5. The van der Waals surface area contributed by atoms with E-state index in [1.807, 2.05) is 37.4 Å². The van der Waals surface area contributed by atoms with Crippen molar-refractivity contribution < 1.29 is 9.53 Å². The van der Waals surface area contributed by atoms with Gasteiger partial charge in [0, 0.05) is 36.7 Å². The van der Waals surface area contributed by atoms with Gasteiger partial charge in [-0.15, -0.1) is 6.58 Å². The number of anilines is 1. The molecule has 0 aliphatic rings. The summed E-state index contributed by atoms with van der Waals surface area (Å²) in [6.07, 6.45) is 5.09. The van der Waals surface area contributed by atoms with Crippen LogP contribution in [0.25, 0.3) is 0 Å². The van der Waals surface area contributed by atoms with Gasteiger partial charge in [-0.2, -0.15) is 0 Å². The van der Waals surface area contributed by atoms with Crippen LogP contribution in [0.1, 0.15) is 15.9 Å². The lowest BCUT2D eigenvalue weighted by Crippen LogP contribution is -2.17. The number of hydrogen-bond donors (Lipinski definition) is 1. The van der Waals surface area contributed by atoms with Crippen LogP contribution in [0.2, 0.25) is 0 Å². The van der Waals surface area contributed by atoms with Gasteiger partial charge in [-0.25, -0.2) is 9.97 Å². The monoisotopic (exact) mass is 374 g/mol. The average molecular weight is 374 g/mol. The number of aromatic nitrogens is 2. The number of amides is 1. The Bertz CT molecular complexity index is 910. The molecule has 3 aromatic rings. The van der Waals surface area contributed by atoms with E-state index in [0.29, 0.717) is 17.0 Å². The molecule has 1 heterocycles. The molecular formula is C22H22N4O2. The standard InChI is InChI=1S/C22H22N4O2/c1-3-15-26(2)16-17-5-7-18(8-6-17)21(27)25-19-9-11-20(12-10-19)28-22-23-13-4-14-24-22/h3-14H,1,15-16H2,2H3,(H,25,27). The summed E-state index contributed by atoms with van der Waals surface area (Å²) in [5.41, 5.74) is 2.43. The number of carbonyl (C=O) groups excluding carboxylic acids is 1. The maximum atomic E-state index is 12.4. The van der Waals surface area contributed by atoms with Crippen LogP contribution in [0, 0.1) is 0 Å². The third-order valence-corrected chi connectivity index (χ3v) is 3.97. The molecule has 2 aromatic carbocycles. The molecule has 3 rings (SSSR count). The van der Waals surface area contributed by atoms with E-state index in [2.05, 4.69) is 26.8 Å². The first kappa shape index (κ1) is 19.3. The number of likely N-dealkylation sites (N-methyl/N-ethyl adjacent to an activating group) is 1. The van der Waals surface area contributed by atoms with Gasteiger partial charge in [-0.3, -0.25) is 9.69 Å². The topological polar surface area (TPSA) is 67.4 Å². The number of nitrogens with one attached hydrogen (secondary N) is 1. The van der Waals surface area contributed by atoms with Crippen LogP contribution >= 0.6 is 0 Å². The molecule has 0 aliphatic carbocycles. The molecular weight excluding hydrogens is 352 g/mol. The zero-order valence-corrected chi connectivity index (χ0v) is 15.7. The third-order valence-electron chi connectivity index (χ3n) is 3.97. The van der Waals surface area contributed by atoms with Crippen LogP contribution in [0.5, 0.6) is 11.8 Å². The van der Waals surface area contributed by atoms with E-state index in [4.69, 9.17) is 4.74 Å². The summed E-state index contributed by atoms with van der Waals surface area (Å²) in [5.74, 6) is 0.434. The van der Waals surface area contributed by atoms with Crippen molar-refractivity contribution in [2.24, 2.45) is 0 Å². The summed E-state index contributed by atoms with van der Waals surface area (Å²) in [7, 11) is 2.03. The van der Waals surface area contributed by atoms with Gasteiger partial charge < -0.3 is 10.1 Å². The first-order valence-corrected chi connectivity index (χ1v) is 8.89. The lowest BCUT2D eigenvalue weighted by atomic mass is 10.1. The molecule has 0 atom stereocenters. The van der Waals surface area contributed by atoms with Crippen LogP contribution < -0.4 is 10.1 Å². The zero-order chi connectivity index (χ0) is 19.8. The molecule has 0 fully saturated rings. The Morgan fingerprint density at radius 2 is 1.79 bits per heavy atom. The van der Waals surface area contributed by atoms with Crippen LogP contribution in [0.4, 0.5) is 5.69 Å². The molecule has 1 aromatic heterocycles. The van der Waals surface area contributed by atoms with E-state index in [1.54, 1.807) is 42.7 Å². The first-order chi connectivity index (χ1) is 13.6. The van der Waals surface area contributed by atoms with Crippen molar-refractivity contribution >= 4 is 11.6 Å². The van der Waals surface area contributed by atoms with E-state index in [1.165, 1.54) is 0 Å². The van der Waals surface area contributed by atoms with Crippen LogP contribution in [0.3, 0.4) is 0 Å². The quantitative estimate of drug-likeness (QED) is 0.600. The summed E-state index contributed by atoms with van der Waals surface area (Å²) in [6.45, 7) is 5.36. The minimum absolute atomic E-state index is 0.161. The summed E-state index contributed by atoms with van der Waals surface area (Å²) in [6, 6.07) is 16.6. The molecule has 1 amide bonds. The first-order valence-electron chi connectivity index (χ1n) is 8.89. The molecule has 6 heteroatoms. The minimum Gasteiger partial charge on any atom is -0.424 e. The van der Waals surface area contributed by atoms with Crippen LogP contribution in [0.15, 0.2) is 79.6 Å². The van der Waals surface area contributed by atoms with Gasteiger partial charge in [0.1, 0.15) is 5.75 Å². The number of ether oxygens (including phenoxy) is 1. The fraction of sp³-hybridized carbons (Fsp3) is 0.136. The van der Waals surface area contributed by atoms with E-state index in [-0.39, 0.29) is 11.9 Å². The van der Waals surface area contributed by atoms with Gasteiger partial charge in [-0.05, 0) is 55.1 Å². The molecule has 6 nitrogen and oxygen atoms in total. The Morgan fingerprint density at radius 3 is 2.43 bits per heavy atom. The zero-order valence-electron chi connectivity index (χ0n) is 15.7. The molecule has 0 saturated heterocycles. The van der Waals surface area contributed by atoms with Crippen LogP contribution in [-0.4, -0.2) is 34.4 Å². The number of nitrogens with zero attached hydrogens (tertiary/aromatic N) is 3. The van der Waals surface area contributed by atoms with E-state index < -0.39 is 0 Å². The van der Waals surface area contributed by atoms with Gasteiger partial charge in [0.2, 0.25) is 0 Å².